The van der Waals surface area contributed by atoms with Crippen molar-refractivity contribution in [3.63, 3.8) is 0 Å². The maximum atomic E-state index is 12.1. The Kier molecular flexibility index (Phi) is 7.01. The van der Waals surface area contributed by atoms with Crippen LogP contribution in [0.2, 0.25) is 0 Å². The molecule has 160 valence electrons. The highest BCUT2D eigenvalue weighted by Crippen LogP contribution is 2.63. The number of rotatable bonds is 0. The average molecular weight is 393 g/mol. The molecule has 28 heavy (non-hydrogen) atoms. The number of allylic oxidation sites excluding steroid dienone is 2. The molecule has 1 aliphatic heterocycles. The van der Waals surface area contributed by atoms with Crippen molar-refractivity contribution in [3.05, 3.63) is 11.8 Å². The fourth-order valence-corrected chi connectivity index (χ4v) is 6.67. The van der Waals surface area contributed by atoms with Crippen molar-refractivity contribution in [3.8, 4) is 0 Å². The minimum atomic E-state index is -0.415. The van der Waals surface area contributed by atoms with Crippen LogP contribution < -0.4 is 0 Å². The van der Waals surface area contributed by atoms with Crippen LogP contribution in [0.3, 0.4) is 0 Å². The van der Waals surface area contributed by atoms with E-state index in [1.165, 1.54) is 0 Å². The van der Waals surface area contributed by atoms with Crippen LogP contribution in [-0.4, -0.2) is 40.0 Å². The van der Waals surface area contributed by atoms with E-state index in [1.807, 2.05) is 39.6 Å². The molecular formula is C23H40N2O3. The van der Waals surface area contributed by atoms with Gasteiger partial charge in [-0.2, -0.15) is 0 Å². The topological polar surface area (TPSA) is 73.1 Å². The number of hydrogen-bond acceptors (Lipinski definition) is 4. The van der Waals surface area contributed by atoms with Crippen molar-refractivity contribution < 1.29 is 15.1 Å². The third kappa shape index (κ3) is 3.20. The van der Waals surface area contributed by atoms with Gasteiger partial charge in [0.25, 0.3) is 0 Å². The summed E-state index contributed by atoms with van der Waals surface area (Å²) >= 11 is 0. The van der Waals surface area contributed by atoms with Crippen molar-refractivity contribution in [2.75, 3.05) is 7.05 Å². The molecule has 0 spiro atoms. The molecule has 1 amide bonds. The number of aliphatic hydroxyl groups excluding tert-OH is 1. The molecule has 3 fully saturated rings. The van der Waals surface area contributed by atoms with Gasteiger partial charge in [0.05, 0.1) is 11.8 Å². The number of hydrogen-bond donors (Lipinski definition) is 2. The zero-order valence-corrected chi connectivity index (χ0v) is 18.8. The Balaban J connectivity index is 0.000000660. The van der Waals surface area contributed by atoms with Crippen LogP contribution in [0.15, 0.2) is 16.9 Å². The molecular weight excluding hydrogens is 352 g/mol. The summed E-state index contributed by atoms with van der Waals surface area (Å²) in [7, 11) is 1.87. The molecule has 5 nitrogen and oxygen atoms in total. The van der Waals surface area contributed by atoms with Crippen molar-refractivity contribution in [1.82, 2.24) is 4.90 Å². The standard InChI is InChI=1S/C19H28N2O3.2C2H6/c1-18-9-8-16(23)21(3)15(18)7-4-11-12-5-6-14(20-24)19(12,2)10-13(22)17(11)18;2*1-2/h7,11-13,17,22,24H,4-6,8-10H2,1-3H3;2*1-2H3/b20-14+;;. The predicted molar refractivity (Wildman–Crippen MR) is 113 cm³/mol. The van der Waals surface area contributed by atoms with Gasteiger partial charge in [-0.15, -0.1) is 0 Å². The first kappa shape index (κ1) is 22.9. The second-order valence-corrected chi connectivity index (χ2v) is 8.77. The summed E-state index contributed by atoms with van der Waals surface area (Å²) in [6, 6.07) is 0. The number of nitrogens with zero attached hydrogens (tertiary/aromatic N) is 2. The van der Waals surface area contributed by atoms with Crippen LogP contribution >= 0.6 is 0 Å². The van der Waals surface area contributed by atoms with E-state index in [-0.39, 0.29) is 22.7 Å². The van der Waals surface area contributed by atoms with Gasteiger partial charge >= 0.3 is 0 Å². The number of likely N-dealkylation sites (tertiary alicyclic amines) is 1. The predicted octanol–water partition coefficient (Wildman–Crippen LogP) is 4.83. The molecule has 0 aromatic rings. The average Bonchev–Trinajstić information content (AvgIpc) is 3.03. The summed E-state index contributed by atoms with van der Waals surface area (Å²) in [4.78, 5) is 13.9. The first-order valence-corrected chi connectivity index (χ1v) is 11.2. The molecule has 5 heteroatoms. The quantitative estimate of drug-likeness (QED) is 0.458. The Morgan fingerprint density at radius 2 is 1.79 bits per heavy atom. The molecule has 2 saturated carbocycles. The third-order valence-corrected chi connectivity index (χ3v) is 7.81. The van der Waals surface area contributed by atoms with E-state index >= 15 is 0 Å². The van der Waals surface area contributed by atoms with E-state index in [0.29, 0.717) is 24.7 Å². The summed E-state index contributed by atoms with van der Waals surface area (Å²) < 4.78 is 0. The van der Waals surface area contributed by atoms with Crippen molar-refractivity contribution in [1.29, 1.82) is 0 Å². The molecule has 3 aliphatic carbocycles. The SMILES string of the molecule is CC.CC.CN1C(=O)CCC2(C)C1=CCC1C2C(O)CC2(C)/C(=N/O)CCC12. The molecule has 1 heterocycles. The van der Waals surface area contributed by atoms with Crippen LogP contribution in [0.4, 0.5) is 0 Å². The lowest BCUT2D eigenvalue weighted by atomic mass is 9.49. The van der Waals surface area contributed by atoms with E-state index < -0.39 is 6.10 Å². The molecule has 4 aliphatic rings. The molecule has 0 bridgehead atoms. The lowest BCUT2D eigenvalue weighted by Crippen LogP contribution is -2.58. The minimum Gasteiger partial charge on any atom is -0.411 e. The number of oxime groups is 1. The Morgan fingerprint density at radius 1 is 1.14 bits per heavy atom. The van der Waals surface area contributed by atoms with Gasteiger partial charge in [-0.3, -0.25) is 4.79 Å². The van der Waals surface area contributed by atoms with Crippen molar-refractivity contribution >= 4 is 11.6 Å². The molecule has 1 saturated heterocycles. The molecule has 0 aromatic carbocycles. The summed E-state index contributed by atoms with van der Waals surface area (Å²) in [6.07, 6.45) is 6.65. The maximum Gasteiger partial charge on any atom is 0.226 e. The third-order valence-electron chi connectivity index (χ3n) is 7.81. The monoisotopic (exact) mass is 392 g/mol. The molecule has 0 radical (unpaired) electrons. The van der Waals surface area contributed by atoms with Crippen molar-refractivity contribution in [2.24, 2.45) is 33.7 Å². The lowest BCUT2D eigenvalue weighted by molar-refractivity contribution is -0.141. The van der Waals surface area contributed by atoms with Crippen LogP contribution in [0.1, 0.15) is 80.1 Å². The normalized spacial score (nSPS) is 42.9. The fraction of sp³-hybridized carbons (Fsp3) is 0.826. The van der Waals surface area contributed by atoms with Crippen LogP contribution in [0, 0.1) is 28.6 Å². The van der Waals surface area contributed by atoms with E-state index in [2.05, 4.69) is 25.1 Å². The number of aliphatic hydroxyl groups is 1. The van der Waals surface area contributed by atoms with Gasteiger partial charge in [0.2, 0.25) is 5.91 Å². The molecule has 6 unspecified atom stereocenters. The van der Waals surface area contributed by atoms with Crippen molar-refractivity contribution in [2.45, 2.75) is 86.2 Å². The lowest BCUT2D eigenvalue weighted by Gasteiger charge is -2.59. The Bertz CT molecular complexity index is 644. The second kappa shape index (κ2) is 8.56. The minimum absolute atomic E-state index is 0.133. The van der Waals surface area contributed by atoms with Crippen LogP contribution in [0.25, 0.3) is 0 Å². The Morgan fingerprint density at radius 3 is 2.39 bits per heavy atom. The van der Waals surface area contributed by atoms with Gasteiger partial charge in [0, 0.05) is 30.0 Å². The number of piperidine rings is 1. The number of fused-ring (bicyclic) bond motifs is 5. The summed E-state index contributed by atoms with van der Waals surface area (Å²) in [5.74, 6) is 1.22. The molecule has 2 N–H and O–H groups in total. The first-order chi connectivity index (χ1) is 13.3. The fourth-order valence-electron chi connectivity index (χ4n) is 6.67. The summed E-state index contributed by atoms with van der Waals surface area (Å²) in [5.41, 5.74) is 1.65. The van der Waals surface area contributed by atoms with Gasteiger partial charge in [-0.25, -0.2) is 0 Å². The summed E-state index contributed by atoms with van der Waals surface area (Å²) in [6.45, 7) is 12.4. The Hall–Kier alpha value is -1.36. The highest BCUT2D eigenvalue weighted by molar-refractivity contribution is 5.92. The summed E-state index contributed by atoms with van der Waals surface area (Å²) in [5, 5.41) is 24.1. The Labute approximate surface area is 170 Å². The number of carbonyl (C=O) groups excluding carboxylic acids is 1. The molecule has 6 atom stereocenters. The number of amides is 1. The first-order valence-electron chi connectivity index (χ1n) is 11.2. The largest absolute Gasteiger partial charge is 0.411 e. The van der Waals surface area contributed by atoms with E-state index in [0.717, 1.165) is 37.1 Å². The van der Waals surface area contributed by atoms with Crippen LogP contribution in [-0.2, 0) is 4.79 Å². The van der Waals surface area contributed by atoms with Gasteiger partial charge < -0.3 is 15.2 Å². The van der Waals surface area contributed by atoms with E-state index in [1.54, 1.807) is 0 Å². The second-order valence-electron chi connectivity index (χ2n) is 8.77. The highest BCUT2D eigenvalue weighted by atomic mass is 16.4. The van der Waals surface area contributed by atoms with Gasteiger partial charge in [-0.05, 0) is 49.9 Å². The highest BCUT2D eigenvalue weighted by Gasteiger charge is 2.61. The maximum absolute atomic E-state index is 12.1. The van der Waals surface area contributed by atoms with Gasteiger partial charge in [0.1, 0.15) is 0 Å². The van der Waals surface area contributed by atoms with Gasteiger partial charge in [-0.1, -0.05) is 52.8 Å². The molecule has 4 rings (SSSR count). The molecule has 0 aromatic heterocycles. The van der Waals surface area contributed by atoms with E-state index in [9.17, 15) is 15.1 Å². The van der Waals surface area contributed by atoms with Gasteiger partial charge in [0.15, 0.2) is 0 Å². The smallest absolute Gasteiger partial charge is 0.226 e. The van der Waals surface area contributed by atoms with Crippen LogP contribution in [0.5, 0.6) is 0 Å². The zero-order chi connectivity index (χ0) is 21.3. The van der Waals surface area contributed by atoms with E-state index in [4.69, 9.17) is 0 Å². The zero-order valence-electron chi connectivity index (χ0n) is 18.8. The number of carbonyl (C=O) groups is 1.